The van der Waals surface area contributed by atoms with Crippen LogP contribution in [0.15, 0.2) is 0 Å². The van der Waals surface area contributed by atoms with Gasteiger partial charge in [-0.3, -0.25) is 4.79 Å². The van der Waals surface area contributed by atoms with E-state index in [0.717, 1.165) is 58.2 Å². The number of piperidine rings is 1. The molecule has 168 valence electrons. The largest absolute Gasteiger partial charge is 0.490 e. The molecule has 2 aliphatic heterocycles. The van der Waals surface area contributed by atoms with Gasteiger partial charge in [0.05, 0.1) is 6.61 Å². The fourth-order valence-electron chi connectivity index (χ4n) is 4.17. The number of alkyl halides is 3. The third kappa shape index (κ3) is 7.11. The van der Waals surface area contributed by atoms with E-state index >= 15 is 0 Å². The molecule has 7 nitrogen and oxygen atoms in total. The number of hydrogen-bond acceptors (Lipinski definition) is 5. The third-order valence-corrected chi connectivity index (χ3v) is 5.97. The van der Waals surface area contributed by atoms with Gasteiger partial charge in [-0.05, 0) is 44.1 Å². The molecule has 10 heteroatoms. The van der Waals surface area contributed by atoms with Gasteiger partial charge >= 0.3 is 12.1 Å². The number of nitrogens with zero attached hydrogens (tertiary/aromatic N) is 2. The van der Waals surface area contributed by atoms with E-state index in [9.17, 15) is 18.0 Å². The van der Waals surface area contributed by atoms with Gasteiger partial charge in [0.1, 0.15) is 6.61 Å². The molecule has 1 saturated carbocycles. The van der Waals surface area contributed by atoms with Crippen molar-refractivity contribution in [3.63, 3.8) is 0 Å². The Balaban J connectivity index is 0.000000370. The molecule has 0 aromatic rings. The van der Waals surface area contributed by atoms with Crippen LogP contribution in [0.3, 0.4) is 0 Å². The van der Waals surface area contributed by atoms with E-state index in [4.69, 9.17) is 19.4 Å². The van der Waals surface area contributed by atoms with Crippen LogP contribution in [0, 0.1) is 17.3 Å². The molecule has 2 heterocycles. The van der Waals surface area contributed by atoms with Gasteiger partial charge in [-0.1, -0.05) is 0 Å². The van der Waals surface area contributed by atoms with Crippen LogP contribution in [0.1, 0.15) is 25.7 Å². The Labute approximate surface area is 169 Å². The first kappa shape index (κ1) is 23.9. The highest BCUT2D eigenvalue weighted by molar-refractivity contribution is 5.77. The van der Waals surface area contributed by atoms with E-state index in [2.05, 4.69) is 11.9 Å². The van der Waals surface area contributed by atoms with Crippen LogP contribution in [0.5, 0.6) is 0 Å². The van der Waals surface area contributed by atoms with Gasteiger partial charge in [0.25, 0.3) is 0 Å². The van der Waals surface area contributed by atoms with Crippen LogP contribution in [0.25, 0.3) is 0 Å². The summed E-state index contributed by atoms with van der Waals surface area (Å²) >= 11 is 0. The number of carboxylic acid groups (broad SMARTS) is 1. The molecule has 1 atom stereocenters. The zero-order valence-electron chi connectivity index (χ0n) is 17.0. The van der Waals surface area contributed by atoms with Crippen molar-refractivity contribution in [3.05, 3.63) is 0 Å². The average molecular weight is 424 g/mol. The van der Waals surface area contributed by atoms with Crippen LogP contribution in [-0.4, -0.2) is 93.1 Å². The van der Waals surface area contributed by atoms with Crippen molar-refractivity contribution in [1.82, 2.24) is 9.80 Å². The third-order valence-electron chi connectivity index (χ3n) is 5.97. The van der Waals surface area contributed by atoms with E-state index in [0.29, 0.717) is 11.3 Å². The van der Waals surface area contributed by atoms with E-state index in [1.807, 2.05) is 4.90 Å². The summed E-state index contributed by atoms with van der Waals surface area (Å²) in [5.74, 6) is -1.17. The van der Waals surface area contributed by atoms with Gasteiger partial charge in [-0.2, -0.15) is 13.2 Å². The lowest BCUT2D eigenvalue weighted by molar-refractivity contribution is -0.192. The number of halogens is 3. The molecule has 3 aliphatic rings. The molecule has 1 amide bonds. The summed E-state index contributed by atoms with van der Waals surface area (Å²) in [7, 11) is 3.80. The van der Waals surface area contributed by atoms with Gasteiger partial charge < -0.3 is 24.4 Å². The van der Waals surface area contributed by atoms with Crippen molar-refractivity contribution in [1.29, 1.82) is 0 Å². The maximum Gasteiger partial charge on any atom is 0.490 e. The Morgan fingerprint density at radius 2 is 1.76 bits per heavy atom. The number of likely N-dealkylation sites (tertiary alicyclic amines) is 2. The smallest absolute Gasteiger partial charge is 0.475 e. The molecule has 1 N–H and O–H groups in total. The number of carbonyl (C=O) groups excluding carboxylic acids is 1. The Kier molecular flexibility index (Phi) is 8.30. The maximum atomic E-state index is 12.0. The second-order valence-corrected chi connectivity index (χ2v) is 8.35. The van der Waals surface area contributed by atoms with E-state index in [1.54, 1.807) is 7.11 Å². The number of ether oxygens (including phenoxy) is 2. The lowest BCUT2D eigenvalue weighted by atomic mass is 9.71. The van der Waals surface area contributed by atoms with Gasteiger partial charge in [-0.15, -0.1) is 0 Å². The summed E-state index contributed by atoms with van der Waals surface area (Å²) in [6.45, 7) is 6.08. The lowest BCUT2D eigenvalue weighted by Gasteiger charge is -2.42. The molecule has 1 unspecified atom stereocenters. The summed E-state index contributed by atoms with van der Waals surface area (Å²) in [5.41, 5.74) is 0.349. The molecule has 1 aliphatic carbocycles. The fourth-order valence-corrected chi connectivity index (χ4v) is 4.17. The molecule has 0 aromatic heterocycles. The summed E-state index contributed by atoms with van der Waals surface area (Å²) in [6, 6.07) is 0. The number of carboxylic acids is 1. The highest BCUT2D eigenvalue weighted by atomic mass is 19.4. The second-order valence-electron chi connectivity index (χ2n) is 8.35. The first-order valence-electron chi connectivity index (χ1n) is 9.90. The van der Waals surface area contributed by atoms with Crippen LogP contribution in [0.4, 0.5) is 13.2 Å². The Morgan fingerprint density at radius 3 is 2.24 bits per heavy atom. The minimum atomic E-state index is -5.08. The quantitative estimate of drug-likeness (QED) is 0.701. The Hall–Kier alpha value is -1.39. The SMILES string of the molecule is COCC(=O)N1CCC2(CC1)CN(C)CC2COCC1CC1.O=C(O)C(F)(F)F. The fraction of sp³-hybridized carbons (Fsp3) is 0.895. The second kappa shape index (κ2) is 10.1. The van der Waals surface area contributed by atoms with Crippen molar-refractivity contribution >= 4 is 11.9 Å². The molecule has 0 aromatic carbocycles. The number of amides is 1. The molecule has 2 saturated heterocycles. The van der Waals surface area contributed by atoms with Crippen molar-refractivity contribution in [2.45, 2.75) is 31.9 Å². The summed E-state index contributed by atoms with van der Waals surface area (Å²) in [5, 5.41) is 7.12. The molecule has 29 heavy (non-hydrogen) atoms. The molecule has 0 bridgehead atoms. The molecule has 0 radical (unpaired) electrons. The number of hydrogen-bond donors (Lipinski definition) is 1. The highest BCUT2D eigenvalue weighted by Crippen LogP contribution is 2.44. The molecular weight excluding hydrogens is 393 g/mol. The monoisotopic (exact) mass is 424 g/mol. The molecule has 3 rings (SSSR count). The van der Waals surface area contributed by atoms with Crippen molar-refractivity contribution in [2.24, 2.45) is 17.3 Å². The van der Waals surface area contributed by atoms with E-state index in [-0.39, 0.29) is 12.5 Å². The molecule has 3 fully saturated rings. The van der Waals surface area contributed by atoms with E-state index in [1.165, 1.54) is 12.8 Å². The molecule has 1 spiro atoms. The topological polar surface area (TPSA) is 79.3 Å². The minimum Gasteiger partial charge on any atom is -0.475 e. The predicted octanol–water partition coefficient (Wildman–Crippen LogP) is 1.86. The predicted molar refractivity (Wildman–Crippen MR) is 98.3 cm³/mol. The normalized spacial score (nSPS) is 24.3. The standard InChI is InChI=1S/C17H30N2O3.C2HF3O2/c1-18-9-15(11-22-10-14-3-4-14)17(13-18)5-7-19(8-6-17)16(20)12-21-2;3-2(4,5)1(6)7/h14-15H,3-13H2,1-2H3;(H,6,7). The first-order valence-corrected chi connectivity index (χ1v) is 9.90. The first-order chi connectivity index (χ1) is 13.6. The van der Waals surface area contributed by atoms with Crippen LogP contribution in [-0.2, 0) is 19.1 Å². The van der Waals surface area contributed by atoms with Crippen molar-refractivity contribution in [3.8, 4) is 0 Å². The summed E-state index contributed by atoms with van der Waals surface area (Å²) in [4.78, 5) is 25.3. The van der Waals surface area contributed by atoms with Crippen LogP contribution < -0.4 is 0 Å². The summed E-state index contributed by atoms with van der Waals surface area (Å²) in [6.07, 6.45) is -0.174. The van der Waals surface area contributed by atoms with Gasteiger partial charge in [-0.25, -0.2) is 4.79 Å². The zero-order valence-corrected chi connectivity index (χ0v) is 17.0. The summed E-state index contributed by atoms with van der Waals surface area (Å²) < 4.78 is 42.7. The molecular formula is C19H31F3N2O5. The minimum absolute atomic E-state index is 0.130. The van der Waals surface area contributed by atoms with Crippen LogP contribution >= 0.6 is 0 Å². The van der Waals surface area contributed by atoms with Gasteiger partial charge in [0.15, 0.2) is 0 Å². The highest BCUT2D eigenvalue weighted by Gasteiger charge is 2.47. The maximum absolute atomic E-state index is 12.0. The number of aliphatic carboxylic acids is 1. The van der Waals surface area contributed by atoms with Crippen molar-refractivity contribution < 1.29 is 37.3 Å². The Morgan fingerprint density at radius 1 is 1.17 bits per heavy atom. The average Bonchev–Trinajstić information content (AvgIpc) is 3.40. The van der Waals surface area contributed by atoms with E-state index < -0.39 is 12.1 Å². The van der Waals surface area contributed by atoms with Crippen LogP contribution in [0.2, 0.25) is 0 Å². The Bertz CT molecular complexity index is 561. The number of rotatable bonds is 6. The van der Waals surface area contributed by atoms with Crippen molar-refractivity contribution in [2.75, 3.05) is 60.2 Å². The van der Waals surface area contributed by atoms with Gasteiger partial charge in [0, 0.05) is 45.8 Å². The lowest BCUT2D eigenvalue weighted by Crippen LogP contribution is -2.48. The zero-order chi connectivity index (χ0) is 21.7. The van der Waals surface area contributed by atoms with Gasteiger partial charge in [0.2, 0.25) is 5.91 Å². The number of carbonyl (C=O) groups is 2. The number of methoxy groups -OCH3 is 1.